The van der Waals surface area contributed by atoms with Crippen LogP contribution in [0.2, 0.25) is 0 Å². The van der Waals surface area contributed by atoms with Crippen molar-refractivity contribution in [2.75, 3.05) is 39.3 Å². The minimum atomic E-state index is -0.726. The van der Waals surface area contributed by atoms with Gasteiger partial charge in [0.25, 0.3) is 0 Å². The largest absolute Gasteiger partial charge is 0.504 e. The highest BCUT2D eigenvalue weighted by atomic mass is 16.3. The number of rotatable bonds is 5. The zero-order chi connectivity index (χ0) is 21.3. The highest BCUT2D eigenvalue weighted by molar-refractivity contribution is 5.92. The second-order valence-electron chi connectivity index (χ2n) is 7.41. The standard InChI is InChI=1S/C22H24N2O6/c25-11-10-23-6-8-24(9-7-23)13-15-19(27)21(29)20(28)18-16(26)12-17(30-22(15)18)14-4-2-1-3-5-14/h1-5,12,25,27-29H,6-11,13H2. The minimum absolute atomic E-state index is 0.0620. The first-order valence-corrected chi connectivity index (χ1v) is 9.84. The zero-order valence-corrected chi connectivity index (χ0v) is 16.4. The fourth-order valence-corrected chi connectivity index (χ4v) is 3.84. The van der Waals surface area contributed by atoms with Crippen LogP contribution >= 0.6 is 0 Å². The first kappa shape index (κ1) is 20.2. The third-order valence-corrected chi connectivity index (χ3v) is 5.51. The molecule has 2 heterocycles. The lowest BCUT2D eigenvalue weighted by atomic mass is 10.0. The van der Waals surface area contributed by atoms with Crippen molar-refractivity contribution in [1.82, 2.24) is 9.80 Å². The van der Waals surface area contributed by atoms with Crippen molar-refractivity contribution in [3.8, 4) is 28.6 Å². The Labute approximate surface area is 172 Å². The Balaban J connectivity index is 1.78. The molecule has 158 valence electrons. The van der Waals surface area contributed by atoms with Gasteiger partial charge in [0.15, 0.2) is 22.5 Å². The van der Waals surface area contributed by atoms with Crippen molar-refractivity contribution in [3.63, 3.8) is 0 Å². The molecule has 0 spiro atoms. The Morgan fingerprint density at radius 2 is 1.57 bits per heavy atom. The average Bonchev–Trinajstić information content (AvgIpc) is 2.76. The summed E-state index contributed by atoms with van der Waals surface area (Å²) >= 11 is 0. The van der Waals surface area contributed by atoms with Gasteiger partial charge in [-0.05, 0) is 0 Å². The van der Waals surface area contributed by atoms with Crippen molar-refractivity contribution in [2.45, 2.75) is 6.54 Å². The topological polar surface area (TPSA) is 118 Å². The number of phenolic OH excluding ortho intramolecular Hbond substituents is 3. The molecule has 0 bridgehead atoms. The Hall–Kier alpha value is -3.07. The summed E-state index contributed by atoms with van der Waals surface area (Å²) in [5.74, 6) is -1.60. The lowest BCUT2D eigenvalue weighted by Crippen LogP contribution is -2.46. The molecule has 4 rings (SSSR count). The van der Waals surface area contributed by atoms with Crippen LogP contribution in [0.1, 0.15) is 5.56 Å². The number of fused-ring (bicyclic) bond motifs is 1. The summed E-state index contributed by atoms with van der Waals surface area (Å²) in [5, 5.41) is 40.0. The van der Waals surface area contributed by atoms with Gasteiger partial charge in [-0.25, -0.2) is 0 Å². The summed E-state index contributed by atoms with van der Waals surface area (Å²) in [5.41, 5.74) is 0.502. The predicted molar refractivity (Wildman–Crippen MR) is 112 cm³/mol. The minimum Gasteiger partial charge on any atom is -0.504 e. The van der Waals surface area contributed by atoms with Crippen molar-refractivity contribution in [3.05, 3.63) is 52.2 Å². The monoisotopic (exact) mass is 412 g/mol. The quantitative estimate of drug-likeness (QED) is 0.468. The highest BCUT2D eigenvalue weighted by Gasteiger charge is 2.26. The molecule has 0 atom stereocenters. The van der Waals surface area contributed by atoms with Crippen LogP contribution in [-0.2, 0) is 6.54 Å². The molecule has 8 heteroatoms. The summed E-state index contributed by atoms with van der Waals surface area (Å²) in [4.78, 5) is 17.0. The number of aliphatic hydroxyl groups is 1. The summed E-state index contributed by atoms with van der Waals surface area (Å²) in [6, 6.07) is 10.3. The fourth-order valence-electron chi connectivity index (χ4n) is 3.84. The summed E-state index contributed by atoms with van der Waals surface area (Å²) in [6.45, 7) is 3.83. The van der Waals surface area contributed by atoms with E-state index in [2.05, 4.69) is 9.80 Å². The third-order valence-electron chi connectivity index (χ3n) is 5.51. The normalized spacial score (nSPS) is 15.6. The SMILES string of the molecule is O=c1cc(-c2ccccc2)oc2c(CN3CCN(CCO)CC3)c(O)c(O)c(O)c12. The van der Waals surface area contributed by atoms with Gasteiger partial charge in [0.1, 0.15) is 11.1 Å². The number of piperazine rings is 1. The van der Waals surface area contributed by atoms with E-state index in [1.54, 1.807) is 12.1 Å². The number of aromatic hydroxyl groups is 3. The molecule has 0 radical (unpaired) electrons. The first-order chi connectivity index (χ1) is 14.5. The van der Waals surface area contributed by atoms with E-state index in [1.165, 1.54) is 6.07 Å². The van der Waals surface area contributed by atoms with Gasteiger partial charge in [0, 0.05) is 50.9 Å². The van der Waals surface area contributed by atoms with E-state index in [-0.39, 0.29) is 29.7 Å². The van der Waals surface area contributed by atoms with Gasteiger partial charge >= 0.3 is 0 Å². The number of phenols is 3. The molecule has 0 unspecified atom stereocenters. The molecule has 8 nitrogen and oxygen atoms in total. The molecule has 1 fully saturated rings. The van der Waals surface area contributed by atoms with Gasteiger partial charge in [-0.2, -0.15) is 0 Å². The molecule has 30 heavy (non-hydrogen) atoms. The smallest absolute Gasteiger partial charge is 0.201 e. The van der Waals surface area contributed by atoms with Crippen LogP contribution in [0.3, 0.4) is 0 Å². The van der Waals surface area contributed by atoms with E-state index < -0.39 is 22.7 Å². The maximum atomic E-state index is 12.8. The van der Waals surface area contributed by atoms with Crippen LogP contribution in [-0.4, -0.2) is 69.6 Å². The van der Waals surface area contributed by atoms with Gasteiger partial charge in [0.2, 0.25) is 5.75 Å². The maximum absolute atomic E-state index is 12.8. The summed E-state index contributed by atoms with van der Waals surface area (Å²) in [6.07, 6.45) is 0. The van der Waals surface area contributed by atoms with Crippen LogP contribution in [0.4, 0.5) is 0 Å². The number of aliphatic hydroxyl groups excluding tert-OH is 1. The average molecular weight is 412 g/mol. The molecule has 0 amide bonds. The Bertz CT molecular complexity index is 1100. The number of hydrogen-bond donors (Lipinski definition) is 4. The number of nitrogens with zero attached hydrogens (tertiary/aromatic N) is 2. The summed E-state index contributed by atoms with van der Waals surface area (Å²) in [7, 11) is 0. The van der Waals surface area contributed by atoms with E-state index in [4.69, 9.17) is 9.52 Å². The Kier molecular flexibility index (Phi) is 5.63. The predicted octanol–water partition coefficient (Wildman–Crippen LogP) is 1.69. The lowest BCUT2D eigenvalue weighted by Gasteiger charge is -2.34. The molecule has 0 saturated carbocycles. The van der Waals surface area contributed by atoms with Crippen molar-refractivity contribution in [1.29, 1.82) is 0 Å². The van der Waals surface area contributed by atoms with E-state index in [9.17, 15) is 20.1 Å². The van der Waals surface area contributed by atoms with Crippen LogP contribution in [0.15, 0.2) is 45.6 Å². The molecule has 1 aromatic heterocycles. The van der Waals surface area contributed by atoms with Gasteiger partial charge < -0.3 is 24.8 Å². The first-order valence-electron chi connectivity index (χ1n) is 9.84. The van der Waals surface area contributed by atoms with Crippen molar-refractivity contribution in [2.24, 2.45) is 0 Å². The van der Waals surface area contributed by atoms with E-state index in [0.29, 0.717) is 31.0 Å². The molecule has 3 aromatic rings. The van der Waals surface area contributed by atoms with Crippen LogP contribution in [0.25, 0.3) is 22.3 Å². The summed E-state index contributed by atoms with van der Waals surface area (Å²) < 4.78 is 5.98. The second kappa shape index (κ2) is 8.35. The molecule has 0 aliphatic carbocycles. The number of benzene rings is 2. The van der Waals surface area contributed by atoms with Crippen LogP contribution < -0.4 is 5.43 Å². The highest BCUT2D eigenvalue weighted by Crippen LogP contribution is 2.44. The van der Waals surface area contributed by atoms with E-state index >= 15 is 0 Å². The molecular weight excluding hydrogens is 388 g/mol. The number of β-amino-alcohol motifs (C(OH)–C–C–N with tert-alkyl or cyclic N) is 1. The Morgan fingerprint density at radius 1 is 0.900 bits per heavy atom. The zero-order valence-electron chi connectivity index (χ0n) is 16.4. The van der Waals surface area contributed by atoms with Gasteiger partial charge in [-0.15, -0.1) is 0 Å². The van der Waals surface area contributed by atoms with Gasteiger partial charge in [-0.3, -0.25) is 14.6 Å². The van der Waals surface area contributed by atoms with Crippen LogP contribution in [0, 0.1) is 0 Å². The van der Waals surface area contributed by atoms with Gasteiger partial charge in [0.05, 0.1) is 12.2 Å². The van der Waals surface area contributed by atoms with E-state index in [0.717, 1.165) is 13.1 Å². The van der Waals surface area contributed by atoms with Gasteiger partial charge in [-0.1, -0.05) is 30.3 Å². The molecule has 1 aliphatic heterocycles. The molecule has 4 N–H and O–H groups in total. The number of hydrogen-bond acceptors (Lipinski definition) is 8. The third kappa shape index (κ3) is 3.72. The van der Waals surface area contributed by atoms with Crippen molar-refractivity contribution < 1.29 is 24.8 Å². The van der Waals surface area contributed by atoms with E-state index in [1.807, 2.05) is 18.2 Å². The lowest BCUT2D eigenvalue weighted by molar-refractivity contribution is 0.108. The molecule has 1 aliphatic rings. The van der Waals surface area contributed by atoms with Crippen LogP contribution in [0.5, 0.6) is 17.2 Å². The Morgan fingerprint density at radius 3 is 2.23 bits per heavy atom. The maximum Gasteiger partial charge on any atom is 0.201 e. The molecule has 2 aromatic carbocycles. The fraction of sp³-hybridized carbons (Fsp3) is 0.318. The molecular formula is C22H24N2O6. The van der Waals surface area contributed by atoms with Crippen molar-refractivity contribution >= 4 is 11.0 Å². The molecule has 1 saturated heterocycles. The second-order valence-corrected chi connectivity index (χ2v) is 7.41.